The number of phenolic OH excluding ortho intramolecular Hbond substituents is 1. The van der Waals surface area contributed by atoms with Crippen molar-refractivity contribution >= 4 is 11.9 Å². The average molecular weight is 479 g/mol. The fourth-order valence-electron chi connectivity index (χ4n) is 3.95. The van der Waals surface area contributed by atoms with Crippen molar-refractivity contribution in [1.29, 1.82) is 0 Å². The molecule has 36 heavy (non-hydrogen) atoms. The Bertz CT molecular complexity index is 1270. The second kappa shape index (κ2) is 11.6. The van der Waals surface area contributed by atoms with Crippen LogP contribution in [-0.2, 0) is 18.6 Å². The van der Waals surface area contributed by atoms with Gasteiger partial charge in [0.25, 0.3) is 0 Å². The average Bonchev–Trinajstić information content (AvgIpc) is 2.91. The highest BCUT2D eigenvalue weighted by Crippen LogP contribution is 2.33. The number of hydrogen-bond acceptors (Lipinski definition) is 4. The van der Waals surface area contributed by atoms with E-state index in [2.05, 4.69) is 56.1 Å². The van der Waals surface area contributed by atoms with Gasteiger partial charge in [0.15, 0.2) is 0 Å². The minimum Gasteiger partial charge on any atom is -0.508 e. The first-order chi connectivity index (χ1) is 17.4. The summed E-state index contributed by atoms with van der Waals surface area (Å²) in [5, 5.41) is 9.59. The minimum absolute atomic E-state index is 0.179. The molecule has 0 aliphatic heterocycles. The Balaban J connectivity index is 1.32. The largest absolute Gasteiger partial charge is 0.508 e. The van der Waals surface area contributed by atoms with E-state index in [1.54, 1.807) is 18.3 Å². The molecule has 0 aliphatic carbocycles. The molecular formula is C32H32NO3. The molecule has 4 rings (SSSR count). The van der Waals surface area contributed by atoms with Crippen molar-refractivity contribution in [2.75, 3.05) is 0 Å². The first-order valence-corrected chi connectivity index (χ1v) is 12.1. The van der Waals surface area contributed by atoms with Gasteiger partial charge in [-0.15, -0.1) is 0 Å². The molecule has 0 bridgehead atoms. The number of phenols is 1. The number of aromatic hydroxyl groups is 1. The monoisotopic (exact) mass is 478 g/mol. The van der Waals surface area contributed by atoms with Gasteiger partial charge in [0.2, 0.25) is 0 Å². The summed E-state index contributed by atoms with van der Waals surface area (Å²) in [5.74, 6) is 1.91. The summed E-state index contributed by atoms with van der Waals surface area (Å²) in [6, 6.07) is 31.6. The SMILES string of the molecule is [CH2]CC=Nc1ccc(OCc2cccc(COc3ccc(C(C)(C)c4ccc(O)cc4)cc3)c2)cc1. The van der Waals surface area contributed by atoms with Crippen LogP contribution in [0, 0.1) is 6.92 Å². The van der Waals surface area contributed by atoms with Crippen LogP contribution in [0.3, 0.4) is 0 Å². The summed E-state index contributed by atoms with van der Waals surface area (Å²) in [6.07, 6.45) is 2.46. The molecule has 4 nitrogen and oxygen atoms in total. The molecule has 4 aromatic carbocycles. The highest BCUT2D eigenvalue weighted by atomic mass is 16.5. The van der Waals surface area contributed by atoms with E-state index in [1.807, 2.05) is 54.6 Å². The lowest BCUT2D eigenvalue weighted by molar-refractivity contribution is 0.300. The van der Waals surface area contributed by atoms with Gasteiger partial charge in [-0.3, -0.25) is 4.99 Å². The number of benzene rings is 4. The molecule has 0 amide bonds. The van der Waals surface area contributed by atoms with Crippen molar-refractivity contribution in [1.82, 2.24) is 0 Å². The Hall–Kier alpha value is -4.05. The Kier molecular flexibility index (Phi) is 8.06. The Morgan fingerprint density at radius 2 is 1.25 bits per heavy atom. The maximum atomic E-state index is 9.59. The van der Waals surface area contributed by atoms with E-state index in [0.29, 0.717) is 19.6 Å². The second-order valence-electron chi connectivity index (χ2n) is 9.19. The van der Waals surface area contributed by atoms with E-state index in [1.165, 1.54) is 5.56 Å². The number of rotatable bonds is 10. The van der Waals surface area contributed by atoms with Crippen LogP contribution in [-0.4, -0.2) is 11.3 Å². The van der Waals surface area contributed by atoms with Gasteiger partial charge >= 0.3 is 0 Å². The van der Waals surface area contributed by atoms with Gasteiger partial charge in [0, 0.05) is 11.6 Å². The Morgan fingerprint density at radius 1 is 0.750 bits per heavy atom. The van der Waals surface area contributed by atoms with Gasteiger partial charge < -0.3 is 14.6 Å². The smallest absolute Gasteiger partial charge is 0.119 e. The molecule has 4 aromatic rings. The lowest BCUT2D eigenvalue weighted by Crippen LogP contribution is -2.18. The van der Waals surface area contributed by atoms with Gasteiger partial charge in [-0.05, 0) is 90.2 Å². The summed E-state index contributed by atoms with van der Waals surface area (Å²) in [7, 11) is 0. The highest BCUT2D eigenvalue weighted by Gasteiger charge is 2.23. The normalized spacial score (nSPS) is 11.5. The summed E-state index contributed by atoms with van der Waals surface area (Å²) < 4.78 is 12.0. The number of aliphatic imine (C=N–C) groups is 1. The molecule has 1 N–H and O–H groups in total. The fourth-order valence-corrected chi connectivity index (χ4v) is 3.95. The predicted octanol–water partition coefficient (Wildman–Crippen LogP) is 7.80. The van der Waals surface area contributed by atoms with E-state index in [9.17, 15) is 5.11 Å². The summed E-state index contributed by atoms with van der Waals surface area (Å²) in [4.78, 5) is 4.31. The van der Waals surface area contributed by atoms with Crippen LogP contribution >= 0.6 is 0 Å². The molecule has 0 atom stereocenters. The Labute approximate surface area is 213 Å². The third-order valence-electron chi connectivity index (χ3n) is 6.17. The van der Waals surface area contributed by atoms with Crippen LogP contribution in [0.1, 0.15) is 42.5 Å². The van der Waals surface area contributed by atoms with Gasteiger partial charge in [-0.25, -0.2) is 0 Å². The van der Waals surface area contributed by atoms with Crippen LogP contribution in [0.5, 0.6) is 17.2 Å². The summed E-state index contributed by atoms with van der Waals surface area (Å²) in [5.41, 5.74) is 5.21. The second-order valence-corrected chi connectivity index (χ2v) is 9.19. The van der Waals surface area contributed by atoms with Crippen molar-refractivity contribution in [3.05, 3.63) is 126 Å². The van der Waals surface area contributed by atoms with Crippen LogP contribution in [0.2, 0.25) is 0 Å². The van der Waals surface area contributed by atoms with Crippen molar-refractivity contribution < 1.29 is 14.6 Å². The number of nitrogens with zero attached hydrogens (tertiary/aromatic N) is 1. The molecule has 1 radical (unpaired) electrons. The molecule has 0 saturated heterocycles. The maximum Gasteiger partial charge on any atom is 0.119 e. The van der Waals surface area contributed by atoms with Gasteiger partial charge in [-0.2, -0.15) is 0 Å². The molecule has 4 heteroatoms. The van der Waals surface area contributed by atoms with E-state index < -0.39 is 0 Å². The van der Waals surface area contributed by atoms with Gasteiger partial charge in [0.1, 0.15) is 30.5 Å². The number of hydrogen-bond donors (Lipinski definition) is 1. The van der Waals surface area contributed by atoms with Crippen molar-refractivity contribution in [2.24, 2.45) is 4.99 Å². The zero-order valence-electron chi connectivity index (χ0n) is 20.9. The van der Waals surface area contributed by atoms with Crippen LogP contribution in [0.25, 0.3) is 0 Å². The molecule has 0 spiro atoms. The quantitative estimate of drug-likeness (QED) is 0.237. The summed E-state index contributed by atoms with van der Waals surface area (Å²) in [6.45, 7) is 9.07. The number of ether oxygens (including phenoxy) is 2. The maximum absolute atomic E-state index is 9.59. The molecule has 0 heterocycles. The van der Waals surface area contributed by atoms with Gasteiger partial charge in [0.05, 0.1) is 5.69 Å². The molecule has 183 valence electrons. The standard InChI is InChI=1S/C32H32NO3/c1-4-20-33-28-12-18-31(19-13-28)36-23-25-7-5-6-24(21-25)22-35-30-16-10-27(11-17-30)32(2,3)26-8-14-29(34)15-9-26/h5-21,34H,1,4,22-23H2,2-3H3. The lowest BCUT2D eigenvalue weighted by atomic mass is 9.78. The predicted molar refractivity (Wildman–Crippen MR) is 146 cm³/mol. The third-order valence-corrected chi connectivity index (χ3v) is 6.17. The molecular weight excluding hydrogens is 446 g/mol. The Morgan fingerprint density at radius 3 is 1.78 bits per heavy atom. The molecule has 0 unspecified atom stereocenters. The van der Waals surface area contributed by atoms with Gasteiger partial charge in [-0.1, -0.05) is 56.3 Å². The van der Waals surface area contributed by atoms with Crippen molar-refractivity contribution in [2.45, 2.75) is 38.9 Å². The first-order valence-electron chi connectivity index (χ1n) is 12.1. The van der Waals surface area contributed by atoms with Crippen molar-refractivity contribution in [3.8, 4) is 17.2 Å². The van der Waals surface area contributed by atoms with E-state index in [0.717, 1.165) is 33.9 Å². The fraction of sp³-hybridized carbons (Fsp3) is 0.188. The molecule has 0 aromatic heterocycles. The molecule has 0 fully saturated rings. The van der Waals surface area contributed by atoms with E-state index in [-0.39, 0.29) is 11.2 Å². The van der Waals surface area contributed by atoms with Crippen molar-refractivity contribution in [3.63, 3.8) is 0 Å². The molecule has 0 saturated carbocycles. The van der Waals surface area contributed by atoms with Crippen LogP contribution < -0.4 is 9.47 Å². The molecule has 0 aliphatic rings. The summed E-state index contributed by atoms with van der Waals surface area (Å²) >= 11 is 0. The van der Waals surface area contributed by atoms with Crippen LogP contribution in [0.4, 0.5) is 5.69 Å². The zero-order chi connectivity index (χ0) is 25.4. The third kappa shape index (κ3) is 6.54. The van der Waals surface area contributed by atoms with E-state index >= 15 is 0 Å². The van der Waals surface area contributed by atoms with E-state index in [4.69, 9.17) is 9.47 Å². The van der Waals surface area contributed by atoms with Crippen LogP contribution in [0.15, 0.2) is 102 Å². The highest BCUT2D eigenvalue weighted by molar-refractivity contribution is 5.63. The lowest BCUT2D eigenvalue weighted by Gasteiger charge is -2.26. The topological polar surface area (TPSA) is 51.0 Å². The minimum atomic E-state index is -0.179. The first kappa shape index (κ1) is 25.1. The zero-order valence-corrected chi connectivity index (χ0v) is 20.9.